The minimum atomic E-state index is -0.226. The van der Waals surface area contributed by atoms with Crippen LogP contribution in [0.2, 0.25) is 0 Å². The highest BCUT2D eigenvalue weighted by Crippen LogP contribution is 2.59. The number of fused-ring (bicyclic) bond motifs is 8. The van der Waals surface area contributed by atoms with Crippen LogP contribution in [0.15, 0.2) is 183 Å². The fraction of sp³-hybridized carbons (Fsp3) is 0.137. The Morgan fingerprint density at radius 3 is 1.68 bits per heavy atom. The van der Waals surface area contributed by atoms with Gasteiger partial charge >= 0.3 is 0 Å². The molecule has 0 saturated heterocycles. The molecule has 0 unspecified atom stereocenters. The van der Waals surface area contributed by atoms with Crippen LogP contribution < -0.4 is 9.80 Å². The molecule has 0 spiro atoms. The zero-order chi connectivity index (χ0) is 37.1. The third-order valence-electron chi connectivity index (χ3n) is 11.5. The summed E-state index contributed by atoms with van der Waals surface area (Å²) in [4.78, 5) is 4.62. The Morgan fingerprint density at radius 2 is 1.06 bits per heavy atom. The molecule has 0 bridgehead atoms. The molecule has 6 aromatic rings. The predicted octanol–water partition coefficient (Wildman–Crippen LogP) is 14.1. The molecule has 0 heterocycles. The zero-order valence-electron chi connectivity index (χ0n) is 31.4. The van der Waals surface area contributed by atoms with Crippen molar-refractivity contribution in [3.63, 3.8) is 0 Å². The summed E-state index contributed by atoms with van der Waals surface area (Å²) < 4.78 is 0. The molecule has 0 amide bonds. The summed E-state index contributed by atoms with van der Waals surface area (Å²) in [5.74, 6) is 0. The number of para-hydroxylation sites is 2. The van der Waals surface area contributed by atoms with Crippen molar-refractivity contribution in [1.82, 2.24) is 0 Å². The summed E-state index contributed by atoms with van der Waals surface area (Å²) >= 11 is 0. The summed E-state index contributed by atoms with van der Waals surface area (Å²) in [7, 11) is 0. The molecule has 2 nitrogen and oxygen atoms in total. The summed E-state index contributed by atoms with van der Waals surface area (Å²) in [5, 5.41) is 2.49. The molecule has 8 rings (SSSR count). The molecule has 2 aliphatic carbocycles. The minimum Gasteiger partial charge on any atom is -0.311 e. The van der Waals surface area contributed by atoms with E-state index in [2.05, 4.69) is 192 Å². The van der Waals surface area contributed by atoms with E-state index in [-0.39, 0.29) is 10.8 Å². The molecule has 0 aliphatic heterocycles. The first kappa shape index (κ1) is 34.0. The van der Waals surface area contributed by atoms with Crippen molar-refractivity contribution in [2.75, 3.05) is 9.80 Å². The molecule has 2 aliphatic rings. The molecule has 53 heavy (non-hydrogen) atoms. The third-order valence-corrected chi connectivity index (χ3v) is 11.5. The van der Waals surface area contributed by atoms with Gasteiger partial charge in [-0.15, -0.1) is 0 Å². The topological polar surface area (TPSA) is 6.48 Å². The first-order chi connectivity index (χ1) is 25.6. The first-order valence-electron chi connectivity index (χ1n) is 18.5. The van der Waals surface area contributed by atoms with Gasteiger partial charge in [-0.1, -0.05) is 126 Å². The van der Waals surface area contributed by atoms with Gasteiger partial charge < -0.3 is 9.80 Å². The maximum absolute atomic E-state index is 4.21. The SMILES string of the molecule is C=CC=C(C=C)N(c1ccccc1)c1ccc2c(c1)C(C)(C)c1cc3c(cc1-2)C(C)(C)c1cc(N(C(C=C)=CC)c2ccccc2)c2ccccc2c1-3. The standard InChI is InChI=1S/C51H46N2/c1-9-21-35(12-4)52(36-22-15-13-16-23-36)38-28-29-39-42-31-46-43(32-45(42)50(5,6)44(39)30-38)49-41-27-20-19-26-40(41)48(33-47(49)51(46,7)8)53(34(10-2)11-3)37-24-17-14-18-25-37/h9-33H,1-2,4H2,3,5-8H3. The number of rotatable bonds is 9. The van der Waals surface area contributed by atoms with Gasteiger partial charge in [0.05, 0.1) is 5.69 Å². The average Bonchev–Trinajstić information content (AvgIpc) is 3.55. The molecule has 0 radical (unpaired) electrons. The van der Waals surface area contributed by atoms with Gasteiger partial charge in [0.2, 0.25) is 0 Å². The molecular formula is C51H46N2. The van der Waals surface area contributed by atoms with Crippen LogP contribution in [0.1, 0.15) is 56.9 Å². The second-order valence-electron chi connectivity index (χ2n) is 15.1. The molecule has 2 heteroatoms. The van der Waals surface area contributed by atoms with Gasteiger partial charge in [-0.2, -0.15) is 0 Å². The lowest BCUT2D eigenvalue weighted by Gasteiger charge is -2.30. The van der Waals surface area contributed by atoms with E-state index in [0.29, 0.717) is 0 Å². The minimum absolute atomic E-state index is 0.216. The van der Waals surface area contributed by atoms with E-state index >= 15 is 0 Å². The van der Waals surface area contributed by atoms with Gasteiger partial charge in [0.1, 0.15) is 0 Å². The van der Waals surface area contributed by atoms with E-state index < -0.39 is 0 Å². The summed E-state index contributed by atoms with van der Waals surface area (Å²) in [6.45, 7) is 24.0. The van der Waals surface area contributed by atoms with Gasteiger partial charge in [0.15, 0.2) is 0 Å². The van der Waals surface area contributed by atoms with E-state index in [1.54, 1.807) is 0 Å². The normalized spacial score (nSPS) is 14.9. The Kier molecular flexibility index (Phi) is 8.23. The molecule has 0 aromatic heterocycles. The van der Waals surface area contributed by atoms with E-state index in [9.17, 15) is 0 Å². The number of nitrogens with zero attached hydrogens (tertiary/aromatic N) is 2. The lowest BCUT2D eigenvalue weighted by molar-refractivity contribution is 0.652. The highest BCUT2D eigenvalue weighted by Gasteiger charge is 2.43. The zero-order valence-corrected chi connectivity index (χ0v) is 31.4. The number of hydrogen-bond acceptors (Lipinski definition) is 2. The summed E-state index contributed by atoms with van der Waals surface area (Å²) in [5.41, 5.74) is 16.8. The van der Waals surface area contributed by atoms with Crippen LogP contribution in [0, 0.1) is 0 Å². The van der Waals surface area contributed by atoms with E-state index in [1.165, 1.54) is 55.3 Å². The van der Waals surface area contributed by atoms with Gasteiger partial charge in [0, 0.05) is 44.7 Å². The maximum Gasteiger partial charge on any atom is 0.0543 e. The van der Waals surface area contributed by atoms with E-state index in [4.69, 9.17) is 0 Å². The van der Waals surface area contributed by atoms with Gasteiger partial charge in [0.25, 0.3) is 0 Å². The Hall–Kier alpha value is -6.12. The predicted molar refractivity (Wildman–Crippen MR) is 229 cm³/mol. The summed E-state index contributed by atoms with van der Waals surface area (Å²) in [6, 6.07) is 44.5. The lowest BCUT2D eigenvalue weighted by Crippen LogP contribution is -2.19. The fourth-order valence-electron chi connectivity index (χ4n) is 8.82. The van der Waals surface area contributed by atoms with Crippen LogP contribution in [-0.4, -0.2) is 0 Å². The number of benzene rings is 6. The molecular weight excluding hydrogens is 641 g/mol. The Bertz CT molecular complexity index is 2510. The smallest absolute Gasteiger partial charge is 0.0543 e. The second-order valence-corrected chi connectivity index (χ2v) is 15.1. The second kappa shape index (κ2) is 12.8. The van der Waals surface area contributed by atoms with E-state index in [1.807, 2.05) is 24.3 Å². The lowest BCUT2D eigenvalue weighted by atomic mass is 9.79. The first-order valence-corrected chi connectivity index (χ1v) is 18.5. The monoisotopic (exact) mass is 686 g/mol. The van der Waals surface area contributed by atoms with Crippen LogP contribution in [0.4, 0.5) is 22.7 Å². The number of hydrogen-bond donors (Lipinski definition) is 0. The molecule has 0 atom stereocenters. The molecule has 0 N–H and O–H groups in total. The van der Waals surface area contributed by atoms with E-state index in [0.717, 1.165) is 34.1 Å². The number of allylic oxidation sites excluding steroid dienone is 5. The van der Waals surface area contributed by atoms with Crippen molar-refractivity contribution < 1.29 is 0 Å². The van der Waals surface area contributed by atoms with Crippen molar-refractivity contribution in [3.05, 3.63) is 205 Å². The van der Waals surface area contributed by atoms with Crippen LogP contribution in [0.5, 0.6) is 0 Å². The van der Waals surface area contributed by atoms with Crippen molar-refractivity contribution in [3.8, 4) is 22.3 Å². The molecule has 0 saturated carbocycles. The van der Waals surface area contributed by atoms with Gasteiger partial charge in [-0.3, -0.25) is 0 Å². The Labute approximate surface area is 315 Å². The third kappa shape index (κ3) is 5.16. The van der Waals surface area contributed by atoms with Crippen LogP contribution >= 0.6 is 0 Å². The highest BCUT2D eigenvalue weighted by atomic mass is 15.2. The Balaban J connectivity index is 1.32. The van der Waals surface area contributed by atoms with Crippen molar-refractivity contribution in [2.45, 2.75) is 45.4 Å². The van der Waals surface area contributed by atoms with Gasteiger partial charge in [-0.05, 0) is 130 Å². The van der Waals surface area contributed by atoms with Gasteiger partial charge in [-0.25, -0.2) is 0 Å². The van der Waals surface area contributed by atoms with Crippen LogP contribution in [-0.2, 0) is 10.8 Å². The van der Waals surface area contributed by atoms with Crippen molar-refractivity contribution in [2.24, 2.45) is 0 Å². The quantitative estimate of drug-likeness (QED) is 0.140. The largest absolute Gasteiger partial charge is 0.311 e. The van der Waals surface area contributed by atoms with Crippen molar-refractivity contribution >= 4 is 33.5 Å². The molecule has 260 valence electrons. The van der Waals surface area contributed by atoms with Crippen molar-refractivity contribution in [1.29, 1.82) is 0 Å². The Morgan fingerprint density at radius 1 is 0.509 bits per heavy atom. The van der Waals surface area contributed by atoms with Crippen LogP contribution in [0.25, 0.3) is 33.0 Å². The fourth-order valence-corrected chi connectivity index (χ4v) is 8.82. The van der Waals surface area contributed by atoms with Crippen LogP contribution in [0.3, 0.4) is 0 Å². The highest BCUT2D eigenvalue weighted by molar-refractivity contribution is 6.10. The number of anilines is 4. The molecule has 0 fully saturated rings. The summed E-state index contributed by atoms with van der Waals surface area (Å²) in [6.07, 6.45) is 9.84. The maximum atomic E-state index is 4.21. The average molecular weight is 687 g/mol. The molecule has 6 aromatic carbocycles.